The minimum absolute atomic E-state index is 0.242. The van der Waals surface area contributed by atoms with Gasteiger partial charge < -0.3 is 11.1 Å². The molecule has 0 aliphatic heterocycles. The zero-order chi connectivity index (χ0) is 10.6. The first-order chi connectivity index (χ1) is 6.59. The van der Waals surface area contributed by atoms with Crippen LogP contribution in [0, 0.1) is 12.7 Å². The summed E-state index contributed by atoms with van der Waals surface area (Å²) in [6.07, 6.45) is 0.662. The van der Waals surface area contributed by atoms with Crippen LogP contribution in [0.4, 0.5) is 9.18 Å². The van der Waals surface area contributed by atoms with Crippen molar-refractivity contribution in [3.63, 3.8) is 0 Å². The van der Waals surface area contributed by atoms with Gasteiger partial charge in [-0.1, -0.05) is 6.07 Å². The molecule has 0 bridgehead atoms. The second-order valence-electron chi connectivity index (χ2n) is 3.11. The fraction of sp³-hybridized carbons (Fsp3) is 0.300. The van der Waals surface area contributed by atoms with Crippen molar-refractivity contribution in [1.82, 2.24) is 5.32 Å². The molecule has 0 aliphatic rings. The van der Waals surface area contributed by atoms with E-state index in [2.05, 4.69) is 5.32 Å². The Labute approximate surface area is 82.1 Å². The van der Waals surface area contributed by atoms with Gasteiger partial charge in [-0.05, 0) is 36.6 Å². The Balaban J connectivity index is 2.55. The van der Waals surface area contributed by atoms with Crippen molar-refractivity contribution in [3.05, 3.63) is 35.1 Å². The molecule has 76 valence electrons. The lowest BCUT2D eigenvalue weighted by Crippen LogP contribution is -2.31. The molecular weight excluding hydrogens is 183 g/mol. The van der Waals surface area contributed by atoms with Crippen molar-refractivity contribution in [3.8, 4) is 0 Å². The number of aryl methyl sites for hydroxylation is 1. The predicted molar refractivity (Wildman–Crippen MR) is 52.4 cm³/mol. The van der Waals surface area contributed by atoms with E-state index in [0.717, 1.165) is 11.1 Å². The number of primary amides is 1. The lowest BCUT2D eigenvalue weighted by molar-refractivity contribution is 0.249. The number of amides is 2. The summed E-state index contributed by atoms with van der Waals surface area (Å²) in [7, 11) is 0. The molecule has 14 heavy (non-hydrogen) atoms. The summed E-state index contributed by atoms with van der Waals surface area (Å²) >= 11 is 0. The second-order valence-corrected chi connectivity index (χ2v) is 3.11. The van der Waals surface area contributed by atoms with Crippen molar-refractivity contribution in [2.24, 2.45) is 5.73 Å². The molecule has 0 unspecified atom stereocenters. The molecule has 0 saturated heterocycles. The van der Waals surface area contributed by atoms with Crippen LogP contribution in [0.5, 0.6) is 0 Å². The van der Waals surface area contributed by atoms with Gasteiger partial charge in [-0.15, -0.1) is 0 Å². The Hall–Kier alpha value is -1.58. The van der Waals surface area contributed by atoms with Gasteiger partial charge in [0.2, 0.25) is 0 Å². The third-order valence-corrected chi connectivity index (χ3v) is 2.00. The fourth-order valence-corrected chi connectivity index (χ4v) is 1.26. The Kier molecular flexibility index (Phi) is 3.45. The number of carbonyl (C=O) groups is 1. The smallest absolute Gasteiger partial charge is 0.312 e. The number of rotatable bonds is 3. The van der Waals surface area contributed by atoms with Crippen LogP contribution in [0.3, 0.4) is 0 Å². The highest BCUT2D eigenvalue weighted by atomic mass is 19.1. The third-order valence-electron chi connectivity index (χ3n) is 2.00. The molecule has 0 fully saturated rings. The summed E-state index contributed by atoms with van der Waals surface area (Å²) in [6.45, 7) is 2.31. The zero-order valence-corrected chi connectivity index (χ0v) is 8.01. The summed E-state index contributed by atoms with van der Waals surface area (Å²) in [5.41, 5.74) is 6.81. The molecule has 1 rings (SSSR count). The monoisotopic (exact) mass is 196 g/mol. The first kappa shape index (κ1) is 10.5. The standard InChI is InChI=1S/C10H13FN2O/c1-7-6-9(11)3-2-8(7)4-5-13-10(12)14/h2-3,6H,4-5H2,1H3,(H3,12,13,14). The van der Waals surface area contributed by atoms with E-state index in [1.54, 1.807) is 6.07 Å². The highest BCUT2D eigenvalue weighted by Crippen LogP contribution is 2.10. The van der Waals surface area contributed by atoms with E-state index in [9.17, 15) is 9.18 Å². The van der Waals surface area contributed by atoms with Gasteiger partial charge in [0, 0.05) is 6.54 Å². The topological polar surface area (TPSA) is 55.1 Å². The van der Waals surface area contributed by atoms with Gasteiger partial charge in [0.1, 0.15) is 5.82 Å². The largest absolute Gasteiger partial charge is 0.352 e. The maximum absolute atomic E-state index is 12.7. The van der Waals surface area contributed by atoms with Crippen LogP contribution in [0.15, 0.2) is 18.2 Å². The van der Waals surface area contributed by atoms with Gasteiger partial charge in [-0.25, -0.2) is 9.18 Å². The maximum Gasteiger partial charge on any atom is 0.312 e. The van der Waals surface area contributed by atoms with E-state index >= 15 is 0 Å². The van der Waals surface area contributed by atoms with Gasteiger partial charge in [0.15, 0.2) is 0 Å². The van der Waals surface area contributed by atoms with Gasteiger partial charge in [-0.2, -0.15) is 0 Å². The number of carbonyl (C=O) groups excluding carboxylic acids is 1. The number of urea groups is 1. The minimum Gasteiger partial charge on any atom is -0.352 e. The number of benzene rings is 1. The highest BCUT2D eigenvalue weighted by Gasteiger charge is 2.00. The number of hydrogen-bond acceptors (Lipinski definition) is 1. The Bertz CT molecular complexity index is 339. The molecule has 0 aliphatic carbocycles. The lowest BCUT2D eigenvalue weighted by Gasteiger charge is -2.05. The van der Waals surface area contributed by atoms with Gasteiger partial charge in [-0.3, -0.25) is 0 Å². The molecule has 3 N–H and O–H groups in total. The second kappa shape index (κ2) is 4.60. The maximum atomic E-state index is 12.7. The molecule has 4 heteroatoms. The average molecular weight is 196 g/mol. The van der Waals surface area contributed by atoms with E-state index in [1.165, 1.54) is 12.1 Å². The Morgan fingerprint density at radius 3 is 2.86 bits per heavy atom. The summed E-state index contributed by atoms with van der Waals surface area (Å²) in [5.74, 6) is -0.242. The molecule has 0 spiro atoms. The van der Waals surface area contributed by atoms with Crippen molar-refractivity contribution < 1.29 is 9.18 Å². The fourth-order valence-electron chi connectivity index (χ4n) is 1.26. The molecule has 3 nitrogen and oxygen atoms in total. The van der Waals surface area contributed by atoms with E-state index < -0.39 is 6.03 Å². The van der Waals surface area contributed by atoms with Crippen LogP contribution >= 0.6 is 0 Å². The van der Waals surface area contributed by atoms with E-state index in [-0.39, 0.29) is 5.82 Å². The number of hydrogen-bond donors (Lipinski definition) is 2. The molecule has 0 radical (unpaired) electrons. The highest BCUT2D eigenvalue weighted by molar-refractivity contribution is 5.71. The normalized spacial score (nSPS) is 9.86. The lowest BCUT2D eigenvalue weighted by atomic mass is 10.1. The number of nitrogens with one attached hydrogen (secondary N) is 1. The van der Waals surface area contributed by atoms with E-state index in [1.807, 2.05) is 6.92 Å². The van der Waals surface area contributed by atoms with Crippen LogP contribution in [-0.4, -0.2) is 12.6 Å². The molecule has 0 saturated carbocycles. The Morgan fingerprint density at radius 2 is 2.29 bits per heavy atom. The summed E-state index contributed by atoms with van der Waals surface area (Å²) < 4.78 is 12.7. The number of halogens is 1. The number of nitrogens with two attached hydrogens (primary N) is 1. The third kappa shape index (κ3) is 3.05. The first-order valence-electron chi connectivity index (χ1n) is 4.38. The summed E-state index contributed by atoms with van der Waals surface area (Å²) in [6, 6.07) is 4.06. The summed E-state index contributed by atoms with van der Waals surface area (Å²) in [4.78, 5) is 10.4. The van der Waals surface area contributed by atoms with Gasteiger partial charge >= 0.3 is 6.03 Å². The minimum atomic E-state index is -0.537. The zero-order valence-electron chi connectivity index (χ0n) is 8.01. The van der Waals surface area contributed by atoms with Crippen LogP contribution in [0.1, 0.15) is 11.1 Å². The molecule has 1 aromatic rings. The van der Waals surface area contributed by atoms with E-state index in [4.69, 9.17) is 5.73 Å². The SMILES string of the molecule is Cc1cc(F)ccc1CCNC(N)=O. The van der Waals surface area contributed by atoms with Gasteiger partial charge in [0.05, 0.1) is 0 Å². The van der Waals surface area contributed by atoms with Crippen molar-refractivity contribution >= 4 is 6.03 Å². The first-order valence-corrected chi connectivity index (χ1v) is 4.38. The molecular formula is C10H13FN2O. The Morgan fingerprint density at radius 1 is 1.57 bits per heavy atom. The molecule has 0 aromatic heterocycles. The van der Waals surface area contributed by atoms with E-state index in [0.29, 0.717) is 13.0 Å². The quantitative estimate of drug-likeness (QED) is 0.753. The van der Waals surface area contributed by atoms with Crippen LogP contribution in [0.25, 0.3) is 0 Å². The van der Waals surface area contributed by atoms with Crippen molar-refractivity contribution in [1.29, 1.82) is 0 Å². The van der Waals surface area contributed by atoms with Crippen molar-refractivity contribution in [2.45, 2.75) is 13.3 Å². The van der Waals surface area contributed by atoms with Crippen LogP contribution in [-0.2, 0) is 6.42 Å². The molecule has 0 atom stereocenters. The van der Waals surface area contributed by atoms with Crippen LogP contribution < -0.4 is 11.1 Å². The van der Waals surface area contributed by atoms with Crippen LogP contribution in [0.2, 0.25) is 0 Å². The molecule has 2 amide bonds. The average Bonchev–Trinajstić information content (AvgIpc) is 2.08. The van der Waals surface area contributed by atoms with Gasteiger partial charge in [0.25, 0.3) is 0 Å². The molecule has 1 aromatic carbocycles. The molecule has 0 heterocycles. The summed E-state index contributed by atoms with van der Waals surface area (Å²) in [5, 5.41) is 2.48. The van der Waals surface area contributed by atoms with Crippen molar-refractivity contribution in [2.75, 3.05) is 6.54 Å². The predicted octanol–water partition coefficient (Wildman–Crippen LogP) is 1.34.